The maximum Gasteiger partial charge on any atom is 0.226 e. The lowest BCUT2D eigenvalue weighted by Crippen LogP contribution is -2.46. The minimum absolute atomic E-state index is 0.0322. The van der Waals surface area contributed by atoms with E-state index >= 15 is 0 Å². The zero-order chi connectivity index (χ0) is 20.2. The van der Waals surface area contributed by atoms with Crippen molar-refractivity contribution in [1.29, 1.82) is 5.26 Å². The van der Waals surface area contributed by atoms with E-state index in [1.54, 1.807) is 17.4 Å². The number of nitrogens with one attached hydrogen (secondary N) is 1. The quantitative estimate of drug-likeness (QED) is 0.790. The summed E-state index contributed by atoms with van der Waals surface area (Å²) in [7, 11) is 0. The fourth-order valence-corrected chi connectivity index (χ4v) is 5.35. The Morgan fingerprint density at radius 3 is 2.69 bits per heavy atom. The number of halogens is 1. The van der Waals surface area contributed by atoms with E-state index in [2.05, 4.69) is 21.2 Å². The normalized spacial score (nSPS) is 17.1. The van der Waals surface area contributed by atoms with Gasteiger partial charge in [-0.3, -0.25) is 9.69 Å². The van der Waals surface area contributed by atoms with Crippen LogP contribution in [0.2, 0.25) is 0 Å². The number of carbonyl (C=O) groups excluding carboxylic acids is 1. The number of amides is 1. The SMILES string of the molecule is N#Cc1c(NC(=O)CCN2CCN(Cc3ccccc3F)CC2)sc2c1CCC2. The van der Waals surface area contributed by atoms with E-state index in [1.165, 1.54) is 10.9 Å². The van der Waals surface area contributed by atoms with Crippen LogP contribution in [0.3, 0.4) is 0 Å². The molecule has 4 rings (SSSR count). The zero-order valence-corrected chi connectivity index (χ0v) is 17.2. The summed E-state index contributed by atoms with van der Waals surface area (Å²) in [5.74, 6) is -0.182. The largest absolute Gasteiger partial charge is 0.317 e. The van der Waals surface area contributed by atoms with Crippen molar-refractivity contribution in [2.24, 2.45) is 0 Å². The van der Waals surface area contributed by atoms with Gasteiger partial charge in [-0.25, -0.2) is 4.39 Å². The summed E-state index contributed by atoms with van der Waals surface area (Å²) in [6.07, 6.45) is 3.48. The van der Waals surface area contributed by atoms with Crippen molar-refractivity contribution < 1.29 is 9.18 Å². The van der Waals surface area contributed by atoms with Crippen molar-refractivity contribution in [3.63, 3.8) is 0 Å². The predicted molar refractivity (Wildman–Crippen MR) is 112 cm³/mol. The first-order valence-electron chi connectivity index (χ1n) is 10.2. The van der Waals surface area contributed by atoms with Gasteiger partial charge in [-0.1, -0.05) is 18.2 Å². The van der Waals surface area contributed by atoms with Gasteiger partial charge in [0, 0.05) is 56.1 Å². The van der Waals surface area contributed by atoms with Gasteiger partial charge in [0.1, 0.15) is 16.9 Å². The summed E-state index contributed by atoms with van der Waals surface area (Å²) >= 11 is 1.56. The Morgan fingerprint density at radius 2 is 1.93 bits per heavy atom. The van der Waals surface area contributed by atoms with Gasteiger partial charge in [0.15, 0.2) is 0 Å². The number of nitriles is 1. The maximum atomic E-state index is 13.8. The molecule has 0 spiro atoms. The molecule has 1 aromatic heterocycles. The smallest absolute Gasteiger partial charge is 0.226 e. The topological polar surface area (TPSA) is 59.4 Å². The van der Waals surface area contributed by atoms with Gasteiger partial charge < -0.3 is 10.2 Å². The molecular weight excluding hydrogens is 387 g/mol. The first-order valence-corrected chi connectivity index (χ1v) is 11.0. The van der Waals surface area contributed by atoms with E-state index in [1.807, 2.05) is 12.1 Å². The second kappa shape index (κ2) is 9.04. The summed E-state index contributed by atoms with van der Waals surface area (Å²) in [6, 6.07) is 9.19. The molecule has 0 unspecified atom stereocenters. The van der Waals surface area contributed by atoms with Gasteiger partial charge in [0.25, 0.3) is 0 Å². The van der Waals surface area contributed by atoms with Crippen molar-refractivity contribution in [2.75, 3.05) is 38.0 Å². The molecule has 29 heavy (non-hydrogen) atoms. The molecule has 0 atom stereocenters. The van der Waals surface area contributed by atoms with Gasteiger partial charge in [-0.2, -0.15) is 5.26 Å². The van der Waals surface area contributed by atoms with Crippen LogP contribution in [-0.4, -0.2) is 48.4 Å². The van der Waals surface area contributed by atoms with Gasteiger partial charge >= 0.3 is 0 Å². The van der Waals surface area contributed by atoms with Crippen molar-refractivity contribution >= 4 is 22.2 Å². The molecule has 0 radical (unpaired) electrons. The number of piperazine rings is 1. The average Bonchev–Trinajstić information content (AvgIpc) is 3.30. The van der Waals surface area contributed by atoms with E-state index in [0.29, 0.717) is 25.1 Å². The van der Waals surface area contributed by atoms with Crippen LogP contribution in [0.25, 0.3) is 0 Å². The third kappa shape index (κ3) is 4.67. The van der Waals surface area contributed by atoms with Crippen LogP contribution in [0.15, 0.2) is 24.3 Å². The molecule has 5 nitrogen and oxygen atoms in total. The highest BCUT2D eigenvalue weighted by Crippen LogP contribution is 2.38. The molecule has 1 saturated heterocycles. The summed E-state index contributed by atoms with van der Waals surface area (Å²) in [4.78, 5) is 18.2. The number of fused-ring (bicyclic) bond motifs is 1. The van der Waals surface area contributed by atoms with Crippen molar-refractivity contribution in [1.82, 2.24) is 9.80 Å². The number of rotatable bonds is 6. The Morgan fingerprint density at radius 1 is 1.17 bits per heavy atom. The van der Waals surface area contributed by atoms with Gasteiger partial charge in [0.2, 0.25) is 5.91 Å². The summed E-state index contributed by atoms with van der Waals surface area (Å²) in [6.45, 7) is 4.81. The monoisotopic (exact) mass is 412 g/mol. The van der Waals surface area contributed by atoms with E-state index in [4.69, 9.17) is 0 Å². The minimum atomic E-state index is -0.150. The second-order valence-electron chi connectivity index (χ2n) is 7.68. The van der Waals surface area contributed by atoms with Gasteiger partial charge in [-0.15, -0.1) is 11.3 Å². The molecule has 7 heteroatoms. The highest BCUT2D eigenvalue weighted by atomic mass is 32.1. The fraction of sp³-hybridized carbons (Fsp3) is 0.455. The van der Waals surface area contributed by atoms with Crippen LogP contribution in [-0.2, 0) is 24.2 Å². The van der Waals surface area contributed by atoms with Gasteiger partial charge in [-0.05, 0) is 30.9 Å². The number of thiophene rings is 1. The molecule has 0 saturated carbocycles. The molecule has 1 amide bonds. The third-order valence-electron chi connectivity index (χ3n) is 5.76. The molecule has 1 aromatic carbocycles. The summed E-state index contributed by atoms with van der Waals surface area (Å²) < 4.78 is 13.8. The number of hydrogen-bond acceptors (Lipinski definition) is 5. The third-order valence-corrected chi connectivity index (χ3v) is 6.97. The highest BCUT2D eigenvalue weighted by Gasteiger charge is 2.23. The van der Waals surface area contributed by atoms with Crippen molar-refractivity contribution in [3.05, 3.63) is 51.7 Å². The Hall–Kier alpha value is -2.27. The van der Waals surface area contributed by atoms with Gasteiger partial charge in [0.05, 0.1) is 5.56 Å². The first kappa shape index (κ1) is 20.0. The van der Waals surface area contributed by atoms with E-state index < -0.39 is 0 Å². The standard InChI is InChI=1S/C22H25FN4OS/c23-19-6-2-1-4-16(19)15-27-12-10-26(11-13-27)9-8-21(28)25-22-18(14-24)17-5-3-7-20(17)29-22/h1-2,4,6H,3,5,7-13,15H2,(H,25,28). The van der Waals surface area contributed by atoms with Crippen LogP contribution < -0.4 is 5.32 Å². The van der Waals surface area contributed by atoms with Crippen LogP contribution in [0, 0.1) is 17.1 Å². The number of aryl methyl sites for hydroxylation is 1. The van der Waals surface area contributed by atoms with Crippen LogP contribution >= 0.6 is 11.3 Å². The minimum Gasteiger partial charge on any atom is -0.317 e. The zero-order valence-electron chi connectivity index (χ0n) is 16.4. The van der Waals surface area contributed by atoms with E-state index in [0.717, 1.165) is 61.6 Å². The lowest BCUT2D eigenvalue weighted by Gasteiger charge is -2.34. The Labute approximate surface area is 174 Å². The predicted octanol–water partition coefficient (Wildman–Crippen LogP) is 3.39. The van der Waals surface area contributed by atoms with Crippen LogP contribution in [0.4, 0.5) is 9.39 Å². The molecule has 0 bridgehead atoms. The molecule has 152 valence electrons. The Balaban J connectivity index is 1.22. The lowest BCUT2D eigenvalue weighted by molar-refractivity contribution is -0.116. The average molecular weight is 413 g/mol. The lowest BCUT2D eigenvalue weighted by atomic mass is 10.1. The number of carbonyl (C=O) groups is 1. The number of hydrogen-bond donors (Lipinski definition) is 1. The number of anilines is 1. The summed E-state index contributed by atoms with van der Waals surface area (Å²) in [5, 5.41) is 13.1. The van der Waals surface area contributed by atoms with E-state index in [9.17, 15) is 14.4 Å². The number of benzene rings is 1. The molecule has 2 aromatic rings. The first-order chi connectivity index (χ1) is 14.1. The molecule has 2 heterocycles. The molecule has 1 fully saturated rings. The molecular formula is C22H25FN4OS. The second-order valence-corrected chi connectivity index (χ2v) is 8.79. The molecule has 1 aliphatic heterocycles. The van der Waals surface area contributed by atoms with Crippen molar-refractivity contribution in [2.45, 2.75) is 32.2 Å². The van der Waals surface area contributed by atoms with Crippen LogP contribution in [0.5, 0.6) is 0 Å². The Kier molecular flexibility index (Phi) is 6.24. The number of nitrogens with zero attached hydrogens (tertiary/aromatic N) is 3. The Bertz CT molecular complexity index is 927. The maximum absolute atomic E-state index is 13.8. The van der Waals surface area contributed by atoms with Crippen LogP contribution in [0.1, 0.15) is 34.4 Å². The van der Waals surface area contributed by atoms with Crippen molar-refractivity contribution in [3.8, 4) is 6.07 Å². The summed E-state index contributed by atoms with van der Waals surface area (Å²) in [5.41, 5.74) is 2.54. The highest BCUT2D eigenvalue weighted by molar-refractivity contribution is 7.16. The molecule has 1 N–H and O–H groups in total. The molecule has 1 aliphatic carbocycles. The fourth-order valence-electron chi connectivity index (χ4n) is 4.10. The van der Waals surface area contributed by atoms with E-state index in [-0.39, 0.29) is 11.7 Å². The molecule has 2 aliphatic rings.